The largest absolute Gasteiger partial charge is 0.357 e. The third kappa shape index (κ3) is 7.38. The van der Waals surface area contributed by atoms with E-state index in [0.29, 0.717) is 31.3 Å². The molecule has 2 aromatic heterocycles. The summed E-state index contributed by atoms with van der Waals surface area (Å²) in [6, 6.07) is 7.45. The van der Waals surface area contributed by atoms with Crippen LogP contribution in [0.1, 0.15) is 24.7 Å². The Morgan fingerprint density at radius 2 is 2.08 bits per heavy atom. The van der Waals surface area contributed by atoms with Crippen LogP contribution in [0.15, 0.2) is 35.5 Å². The maximum Gasteiger partial charge on any atom is 0.227 e. The number of anilines is 1. The van der Waals surface area contributed by atoms with Gasteiger partial charge >= 0.3 is 0 Å². The molecule has 0 aliphatic rings. The lowest BCUT2D eigenvalue weighted by molar-refractivity contribution is -0.116. The maximum absolute atomic E-state index is 12.0. The van der Waals surface area contributed by atoms with E-state index in [4.69, 9.17) is 0 Å². The molecule has 0 radical (unpaired) electrons. The lowest BCUT2D eigenvalue weighted by Gasteiger charge is -2.11. The highest BCUT2D eigenvalue weighted by atomic mass is 127. The summed E-state index contributed by atoms with van der Waals surface area (Å²) in [5.74, 6) is 1.15. The molecule has 2 heterocycles. The van der Waals surface area contributed by atoms with E-state index in [1.54, 1.807) is 16.9 Å². The fourth-order valence-corrected chi connectivity index (χ4v) is 2.17. The average molecular weight is 471 g/mol. The minimum absolute atomic E-state index is 0. The van der Waals surface area contributed by atoms with E-state index in [9.17, 15) is 4.79 Å². The van der Waals surface area contributed by atoms with Gasteiger partial charge in [0.25, 0.3) is 0 Å². The van der Waals surface area contributed by atoms with Gasteiger partial charge in [-0.2, -0.15) is 5.10 Å². The number of amides is 1. The molecule has 2 rings (SSSR count). The van der Waals surface area contributed by atoms with Crippen molar-refractivity contribution >= 4 is 41.7 Å². The summed E-state index contributed by atoms with van der Waals surface area (Å²) in [6.07, 6.45) is 2.07. The highest BCUT2D eigenvalue weighted by molar-refractivity contribution is 14.0. The van der Waals surface area contributed by atoms with Crippen LogP contribution >= 0.6 is 24.0 Å². The van der Waals surface area contributed by atoms with Crippen LogP contribution < -0.4 is 16.0 Å². The van der Waals surface area contributed by atoms with Gasteiger partial charge in [-0.05, 0) is 32.0 Å². The number of aryl methyl sites for hydroxylation is 2. The number of aromatic nitrogens is 3. The second-order valence-electron chi connectivity index (χ2n) is 5.53. The molecule has 0 saturated heterocycles. The average Bonchev–Trinajstić information content (AvgIpc) is 2.97. The van der Waals surface area contributed by atoms with E-state index in [1.807, 2.05) is 39.1 Å². The van der Waals surface area contributed by atoms with Gasteiger partial charge < -0.3 is 16.0 Å². The van der Waals surface area contributed by atoms with Crippen LogP contribution in [-0.4, -0.2) is 39.7 Å². The Kier molecular flexibility index (Phi) is 9.63. The van der Waals surface area contributed by atoms with E-state index in [1.165, 1.54) is 0 Å². The number of halogens is 1. The SMILES string of the molecule is CCNC(=NCc1ccnn1C)NCCC(=O)Nc1cccc(C)n1.I. The summed E-state index contributed by atoms with van der Waals surface area (Å²) in [5, 5.41) is 13.2. The van der Waals surface area contributed by atoms with E-state index in [0.717, 1.165) is 17.9 Å². The second kappa shape index (κ2) is 11.4. The molecule has 0 saturated carbocycles. The van der Waals surface area contributed by atoms with Crippen molar-refractivity contribution in [3.8, 4) is 0 Å². The second-order valence-corrected chi connectivity index (χ2v) is 5.53. The highest BCUT2D eigenvalue weighted by Gasteiger charge is 2.05. The van der Waals surface area contributed by atoms with Gasteiger partial charge in [0.2, 0.25) is 5.91 Å². The Balaban J connectivity index is 0.00000338. The summed E-state index contributed by atoms with van der Waals surface area (Å²) < 4.78 is 1.79. The minimum atomic E-state index is -0.0897. The molecule has 0 spiro atoms. The van der Waals surface area contributed by atoms with Crippen molar-refractivity contribution in [2.24, 2.45) is 12.0 Å². The van der Waals surface area contributed by atoms with Crippen molar-refractivity contribution in [1.82, 2.24) is 25.4 Å². The zero-order valence-corrected chi connectivity index (χ0v) is 17.7. The van der Waals surface area contributed by atoms with Crippen molar-refractivity contribution < 1.29 is 4.79 Å². The number of carbonyl (C=O) groups excluding carboxylic acids is 1. The van der Waals surface area contributed by atoms with Crippen molar-refractivity contribution in [2.75, 3.05) is 18.4 Å². The summed E-state index contributed by atoms with van der Waals surface area (Å²) >= 11 is 0. The van der Waals surface area contributed by atoms with Crippen LogP contribution in [0.4, 0.5) is 5.82 Å². The first kappa shape index (κ1) is 21.9. The molecule has 9 heteroatoms. The lowest BCUT2D eigenvalue weighted by Crippen LogP contribution is -2.38. The van der Waals surface area contributed by atoms with Gasteiger partial charge in [0.15, 0.2) is 5.96 Å². The van der Waals surface area contributed by atoms with Crippen LogP contribution in [-0.2, 0) is 18.4 Å². The number of rotatable bonds is 7. The molecule has 26 heavy (non-hydrogen) atoms. The van der Waals surface area contributed by atoms with Crippen LogP contribution in [0.3, 0.4) is 0 Å². The van der Waals surface area contributed by atoms with E-state index in [2.05, 4.69) is 31.0 Å². The van der Waals surface area contributed by atoms with E-state index < -0.39 is 0 Å². The molecule has 0 unspecified atom stereocenters. The molecular weight excluding hydrogens is 445 g/mol. The van der Waals surface area contributed by atoms with E-state index in [-0.39, 0.29) is 29.9 Å². The van der Waals surface area contributed by atoms with Gasteiger partial charge in [-0.25, -0.2) is 9.98 Å². The first-order valence-electron chi connectivity index (χ1n) is 8.31. The zero-order chi connectivity index (χ0) is 18.1. The number of pyridine rings is 1. The standard InChI is InChI=1S/C17H25N7O.HI/c1-4-18-17(20-12-14-8-11-21-24(14)3)19-10-9-16(25)23-15-7-5-6-13(2)22-15;/h5-8,11H,4,9-10,12H2,1-3H3,(H2,18,19,20)(H,22,23,25);1H. The Bertz CT molecular complexity index is 729. The van der Waals surface area contributed by atoms with Crippen LogP contribution in [0.5, 0.6) is 0 Å². The van der Waals surface area contributed by atoms with Gasteiger partial charge in [0, 0.05) is 38.4 Å². The van der Waals surface area contributed by atoms with Crippen molar-refractivity contribution in [3.05, 3.63) is 41.9 Å². The van der Waals surface area contributed by atoms with Crippen LogP contribution in [0.25, 0.3) is 0 Å². The summed E-state index contributed by atoms with van der Waals surface area (Å²) in [5.41, 5.74) is 1.88. The maximum atomic E-state index is 12.0. The smallest absolute Gasteiger partial charge is 0.227 e. The normalized spacial score (nSPS) is 10.8. The third-order valence-corrected chi connectivity index (χ3v) is 3.47. The highest BCUT2D eigenvalue weighted by Crippen LogP contribution is 2.04. The number of hydrogen-bond acceptors (Lipinski definition) is 4. The molecule has 3 N–H and O–H groups in total. The summed E-state index contributed by atoms with van der Waals surface area (Å²) in [7, 11) is 1.88. The Morgan fingerprint density at radius 1 is 1.27 bits per heavy atom. The van der Waals surface area contributed by atoms with Crippen LogP contribution in [0, 0.1) is 6.92 Å². The molecule has 0 aliphatic carbocycles. The molecule has 0 aliphatic heterocycles. The number of guanidine groups is 1. The van der Waals surface area contributed by atoms with Gasteiger partial charge in [-0.15, -0.1) is 24.0 Å². The molecule has 0 bridgehead atoms. The number of nitrogens with zero attached hydrogens (tertiary/aromatic N) is 4. The molecule has 2 aromatic rings. The van der Waals surface area contributed by atoms with Crippen LogP contribution in [0.2, 0.25) is 0 Å². The number of nitrogens with one attached hydrogen (secondary N) is 3. The topological polar surface area (TPSA) is 96.2 Å². The minimum Gasteiger partial charge on any atom is -0.357 e. The molecule has 8 nitrogen and oxygen atoms in total. The molecule has 142 valence electrons. The fourth-order valence-electron chi connectivity index (χ4n) is 2.17. The molecule has 0 aromatic carbocycles. The monoisotopic (exact) mass is 471 g/mol. The summed E-state index contributed by atoms with van der Waals surface area (Å²) in [6.45, 7) is 5.63. The van der Waals surface area contributed by atoms with Gasteiger partial charge in [-0.1, -0.05) is 6.07 Å². The quantitative estimate of drug-likeness (QED) is 0.325. The number of aliphatic imine (C=N–C) groups is 1. The van der Waals surface area contributed by atoms with Gasteiger partial charge in [0.05, 0.1) is 12.2 Å². The first-order valence-corrected chi connectivity index (χ1v) is 8.31. The fraction of sp³-hybridized carbons (Fsp3) is 0.412. The first-order chi connectivity index (χ1) is 12.1. The van der Waals surface area contributed by atoms with Gasteiger partial charge in [0.1, 0.15) is 5.82 Å². The predicted octanol–water partition coefficient (Wildman–Crippen LogP) is 1.83. The number of hydrogen-bond donors (Lipinski definition) is 3. The molecule has 0 atom stereocenters. The predicted molar refractivity (Wildman–Crippen MR) is 114 cm³/mol. The van der Waals surface area contributed by atoms with Crippen molar-refractivity contribution in [2.45, 2.75) is 26.8 Å². The van der Waals surface area contributed by atoms with Crippen molar-refractivity contribution in [3.63, 3.8) is 0 Å². The molecule has 1 amide bonds. The molecular formula is C17H26IN7O. The zero-order valence-electron chi connectivity index (χ0n) is 15.3. The van der Waals surface area contributed by atoms with E-state index >= 15 is 0 Å². The number of carbonyl (C=O) groups is 1. The Hall–Kier alpha value is -2.17. The Labute approximate surface area is 170 Å². The Morgan fingerprint density at radius 3 is 2.73 bits per heavy atom. The van der Waals surface area contributed by atoms with Gasteiger partial charge in [-0.3, -0.25) is 9.48 Å². The third-order valence-electron chi connectivity index (χ3n) is 3.47. The summed E-state index contributed by atoms with van der Waals surface area (Å²) in [4.78, 5) is 20.7. The molecule has 0 fully saturated rings. The van der Waals surface area contributed by atoms with Crippen molar-refractivity contribution in [1.29, 1.82) is 0 Å². The lowest BCUT2D eigenvalue weighted by atomic mass is 10.3.